The minimum atomic E-state index is -4.51. The fourth-order valence-corrected chi connectivity index (χ4v) is 2.57. The minimum Gasteiger partial charge on any atom is -0.454 e. The van der Waals surface area contributed by atoms with Gasteiger partial charge in [-0.1, -0.05) is 12.1 Å². The van der Waals surface area contributed by atoms with Gasteiger partial charge in [0.15, 0.2) is 5.82 Å². The molecule has 3 aromatic rings. The van der Waals surface area contributed by atoms with E-state index in [2.05, 4.69) is 4.98 Å². The van der Waals surface area contributed by atoms with Crippen molar-refractivity contribution in [2.45, 2.75) is 19.3 Å². The molecule has 3 rings (SSSR count). The molecule has 1 aromatic heterocycles. The molecule has 0 unspecified atom stereocenters. The van der Waals surface area contributed by atoms with E-state index in [-0.39, 0.29) is 17.9 Å². The van der Waals surface area contributed by atoms with Crippen molar-refractivity contribution in [3.05, 3.63) is 75.8 Å². The molecule has 0 amide bonds. The Labute approximate surface area is 156 Å². The van der Waals surface area contributed by atoms with Crippen LogP contribution in [0, 0.1) is 11.3 Å². The lowest BCUT2D eigenvalue weighted by atomic mass is 10.1. The monoisotopic (exact) mass is 387 g/mol. The second-order valence-corrected chi connectivity index (χ2v) is 5.75. The number of hydrogen-bond donors (Lipinski definition) is 0. The number of halogens is 3. The molecule has 0 aliphatic carbocycles. The molecule has 0 aliphatic heterocycles. The highest BCUT2D eigenvalue weighted by Crippen LogP contribution is 2.29. The minimum absolute atomic E-state index is 0.0607. The predicted octanol–water partition coefficient (Wildman–Crippen LogP) is 3.30. The summed E-state index contributed by atoms with van der Waals surface area (Å²) >= 11 is 0. The van der Waals surface area contributed by atoms with Crippen LogP contribution in [0.1, 0.15) is 21.7 Å². The number of esters is 1. The number of aromatic nitrogens is 2. The van der Waals surface area contributed by atoms with Gasteiger partial charge in [-0.25, -0.2) is 9.78 Å². The number of alkyl halides is 3. The lowest BCUT2D eigenvalue weighted by molar-refractivity contribution is -0.137. The third-order valence-corrected chi connectivity index (χ3v) is 3.95. The molecular weight excluding hydrogens is 375 g/mol. The third kappa shape index (κ3) is 3.86. The summed E-state index contributed by atoms with van der Waals surface area (Å²) in [4.78, 5) is 28.9. The maximum atomic E-state index is 12.6. The number of carbonyl (C=O) groups is 1. The second-order valence-electron chi connectivity index (χ2n) is 5.75. The van der Waals surface area contributed by atoms with Crippen LogP contribution in [0.4, 0.5) is 13.2 Å². The van der Waals surface area contributed by atoms with Crippen LogP contribution in [-0.4, -0.2) is 15.5 Å². The summed E-state index contributed by atoms with van der Waals surface area (Å²) in [7, 11) is 0. The molecule has 0 spiro atoms. The van der Waals surface area contributed by atoms with Crippen LogP contribution in [0.25, 0.3) is 10.9 Å². The van der Waals surface area contributed by atoms with Gasteiger partial charge in [0, 0.05) is 0 Å². The quantitative estimate of drug-likeness (QED) is 0.642. The van der Waals surface area contributed by atoms with Crippen molar-refractivity contribution in [3.8, 4) is 6.07 Å². The molecule has 1 heterocycles. The smallest absolute Gasteiger partial charge is 0.416 e. The normalized spacial score (nSPS) is 11.2. The van der Waals surface area contributed by atoms with Crippen LogP contribution in [0.15, 0.2) is 53.3 Å². The molecule has 0 saturated heterocycles. The summed E-state index contributed by atoms with van der Waals surface area (Å²) in [5.74, 6) is -0.815. The van der Waals surface area contributed by atoms with Crippen molar-refractivity contribution < 1.29 is 22.7 Å². The zero-order valence-electron chi connectivity index (χ0n) is 14.2. The molecule has 0 aliphatic rings. The summed E-state index contributed by atoms with van der Waals surface area (Å²) in [6, 6.07) is 11.9. The van der Waals surface area contributed by atoms with Gasteiger partial charge in [0.2, 0.25) is 0 Å². The van der Waals surface area contributed by atoms with E-state index in [0.29, 0.717) is 10.9 Å². The number of para-hydroxylation sites is 1. The number of fused-ring (bicyclic) bond motifs is 1. The zero-order chi connectivity index (χ0) is 20.3. The molecule has 0 N–H and O–H groups in total. The van der Waals surface area contributed by atoms with Gasteiger partial charge in [-0.2, -0.15) is 18.4 Å². The second kappa shape index (κ2) is 7.52. The summed E-state index contributed by atoms with van der Waals surface area (Å²) < 4.78 is 43.9. The lowest BCUT2D eigenvalue weighted by Gasteiger charge is -2.11. The highest BCUT2D eigenvalue weighted by Gasteiger charge is 2.30. The molecule has 6 nitrogen and oxygen atoms in total. The van der Waals surface area contributed by atoms with Crippen molar-refractivity contribution in [2.24, 2.45) is 0 Å². The number of benzene rings is 2. The topological polar surface area (TPSA) is 85.0 Å². The standard InChI is InChI=1S/C19H12F3N3O3/c20-19(21,22)13-7-5-12(6-8-13)18(27)28-11-16-24-15-4-2-1-3-14(15)17(26)25(16)10-9-23/h1-8H,10-11H2. The summed E-state index contributed by atoms with van der Waals surface area (Å²) in [6.07, 6.45) is -4.51. The van der Waals surface area contributed by atoms with Gasteiger partial charge >= 0.3 is 12.1 Å². The number of hydrogen-bond acceptors (Lipinski definition) is 5. The van der Waals surface area contributed by atoms with E-state index in [1.807, 2.05) is 6.07 Å². The van der Waals surface area contributed by atoms with Gasteiger partial charge in [0.25, 0.3) is 5.56 Å². The fourth-order valence-electron chi connectivity index (χ4n) is 2.57. The van der Waals surface area contributed by atoms with E-state index in [1.54, 1.807) is 24.3 Å². The third-order valence-electron chi connectivity index (χ3n) is 3.95. The van der Waals surface area contributed by atoms with Crippen LogP contribution in [0.5, 0.6) is 0 Å². The predicted molar refractivity (Wildman–Crippen MR) is 92.2 cm³/mol. The Morgan fingerprint density at radius 1 is 1.14 bits per heavy atom. The van der Waals surface area contributed by atoms with Gasteiger partial charge in [-0.15, -0.1) is 0 Å². The lowest BCUT2D eigenvalue weighted by Crippen LogP contribution is -2.26. The Morgan fingerprint density at radius 3 is 2.46 bits per heavy atom. The van der Waals surface area contributed by atoms with E-state index in [0.717, 1.165) is 28.8 Å². The molecular formula is C19H12F3N3O3. The average molecular weight is 387 g/mol. The summed E-state index contributed by atoms with van der Waals surface area (Å²) in [5.41, 5.74) is -1.04. The van der Waals surface area contributed by atoms with Crippen molar-refractivity contribution in [1.29, 1.82) is 5.26 Å². The number of carbonyl (C=O) groups excluding carboxylic acids is 1. The Kier molecular flexibility index (Phi) is 5.13. The van der Waals surface area contributed by atoms with Gasteiger partial charge in [-0.05, 0) is 36.4 Å². The molecule has 2 aromatic carbocycles. The Morgan fingerprint density at radius 2 is 1.82 bits per heavy atom. The molecule has 142 valence electrons. The van der Waals surface area contributed by atoms with E-state index < -0.39 is 29.9 Å². The average Bonchev–Trinajstić information content (AvgIpc) is 2.68. The Hall–Kier alpha value is -3.67. The van der Waals surface area contributed by atoms with Crippen molar-refractivity contribution in [3.63, 3.8) is 0 Å². The fraction of sp³-hybridized carbons (Fsp3) is 0.158. The molecule has 9 heteroatoms. The van der Waals surface area contributed by atoms with E-state index in [1.165, 1.54) is 0 Å². The Bertz CT molecular complexity index is 1130. The van der Waals surface area contributed by atoms with Crippen LogP contribution in [-0.2, 0) is 24.1 Å². The van der Waals surface area contributed by atoms with Crippen LogP contribution in [0.2, 0.25) is 0 Å². The molecule has 0 atom stereocenters. The van der Waals surface area contributed by atoms with Gasteiger partial charge in [-0.3, -0.25) is 9.36 Å². The van der Waals surface area contributed by atoms with E-state index in [4.69, 9.17) is 10.00 Å². The molecule has 0 saturated carbocycles. The van der Waals surface area contributed by atoms with Crippen LogP contribution < -0.4 is 5.56 Å². The number of rotatable bonds is 4. The zero-order valence-corrected chi connectivity index (χ0v) is 14.2. The van der Waals surface area contributed by atoms with Crippen molar-refractivity contribution in [2.75, 3.05) is 0 Å². The number of nitrogens with zero attached hydrogens (tertiary/aromatic N) is 3. The van der Waals surface area contributed by atoms with Gasteiger partial charge in [0.05, 0.1) is 28.1 Å². The highest BCUT2D eigenvalue weighted by atomic mass is 19.4. The van der Waals surface area contributed by atoms with Crippen molar-refractivity contribution in [1.82, 2.24) is 9.55 Å². The first kappa shape index (κ1) is 19.1. The number of nitriles is 1. The Balaban J connectivity index is 1.85. The van der Waals surface area contributed by atoms with Gasteiger partial charge < -0.3 is 4.74 Å². The molecule has 0 radical (unpaired) electrons. The van der Waals surface area contributed by atoms with E-state index in [9.17, 15) is 22.8 Å². The van der Waals surface area contributed by atoms with Crippen LogP contribution in [0.3, 0.4) is 0 Å². The maximum Gasteiger partial charge on any atom is 0.416 e. The van der Waals surface area contributed by atoms with Crippen molar-refractivity contribution >= 4 is 16.9 Å². The molecule has 28 heavy (non-hydrogen) atoms. The first-order valence-electron chi connectivity index (χ1n) is 8.01. The largest absolute Gasteiger partial charge is 0.454 e. The highest BCUT2D eigenvalue weighted by molar-refractivity contribution is 5.89. The molecule has 0 fully saturated rings. The number of ether oxygens (including phenoxy) is 1. The van der Waals surface area contributed by atoms with Gasteiger partial charge in [0.1, 0.15) is 13.2 Å². The van der Waals surface area contributed by atoms with E-state index >= 15 is 0 Å². The first-order chi connectivity index (χ1) is 13.3. The van der Waals surface area contributed by atoms with Crippen LogP contribution >= 0.6 is 0 Å². The first-order valence-corrected chi connectivity index (χ1v) is 8.01. The SMILES string of the molecule is N#CCn1c(COC(=O)c2ccc(C(F)(F)F)cc2)nc2ccccc2c1=O. The summed E-state index contributed by atoms with van der Waals surface area (Å²) in [5, 5.41) is 9.27. The molecule has 0 bridgehead atoms. The summed E-state index contributed by atoms with van der Waals surface area (Å²) in [6.45, 7) is -0.703. The maximum absolute atomic E-state index is 12.6.